The summed E-state index contributed by atoms with van der Waals surface area (Å²) in [5.74, 6) is -1.01. The predicted molar refractivity (Wildman–Crippen MR) is 118 cm³/mol. The molecule has 6 heteroatoms. The number of hydrogen-bond acceptors (Lipinski definition) is 5. The number of aromatic hydroxyl groups is 1. The minimum Gasteiger partial charge on any atom is -0.507 e. The first kappa shape index (κ1) is 22.2. The summed E-state index contributed by atoms with van der Waals surface area (Å²) in [6, 6.07) is 11.9. The highest BCUT2D eigenvalue weighted by atomic mass is 16.3. The number of ketones is 2. The molecule has 2 N–H and O–H groups in total. The lowest BCUT2D eigenvalue weighted by Gasteiger charge is -2.25. The Morgan fingerprint density at radius 1 is 0.968 bits per heavy atom. The lowest BCUT2D eigenvalue weighted by atomic mass is 9.77. The number of aromatic nitrogens is 1. The molecule has 1 aromatic carbocycles. The number of hydrogen-bond donors (Lipinski definition) is 2. The van der Waals surface area contributed by atoms with Gasteiger partial charge in [-0.15, -0.1) is 0 Å². The van der Waals surface area contributed by atoms with Gasteiger partial charge in [-0.25, -0.2) is 0 Å². The van der Waals surface area contributed by atoms with Crippen molar-refractivity contribution in [2.45, 2.75) is 39.5 Å². The zero-order valence-corrected chi connectivity index (χ0v) is 17.9. The van der Waals surface area contributed by atoms with E-state index in [1.165, 1.54) is 6.07 Å². The van der Waals surface area contributed by atoms with Gasteiger partial charge in [0.1, 0.15) is 5.75 Å². The molecule has 0 bridgehead atoms. The van der Waals surface area contributed by atoms with Gasteiger partial charge in [-0.05, 0) is 57.9 Å². The molecule has 3 rings (SSSR count). The third kappa shape index (κ3) is 4.63. The number of pyridine rings is 1. The number of nitrogens with zero attached hydrogens (tertiary/aromatic N) is 1. The van der Waals surface area contributed by atoms with E-state index in [0.29, 0.717) is 41.7 Å². The number of phenols is 1. The molecule has 0 saturated carbocycles. The van der Waals surface area contributed by atoms with Crippen LogP contribution in [0.5, 0.6) is 5.75 Å². The quantitative estimate of drug-likeness (QED) is 0.525. The summed E-state index contributed by atoms with van der Waals surface area (Å²) in [7, 11) is 0. The maximum absolute atomic E-state index is 13.1. The van der Waals surface area contributed by atoms with Crippen LogP contribution in [0.4, 0.5) is 0 Å². The second kappa shape index (κ2) is 9.51. The number of carbonyl (C=O) groups is 3. The van der Waals surface area contributed by atoms with E-state index in [2.05, 4.69) is 10.3 Å². The Morgan fingerprint density at radius 3 is 2.32 bits per heavy atom. The molecule has 1 aromatic heterocycles. The largest absolute Gasteiger partial charge is 0.507 e. The van der Waals surface area contributed by atoms with Gasteiger partial charge in [-0.1, -0.05) is 18.2 Å². The summed E-state index contributed by atoms with van der Waals surface area (Å²) in [4.78, 5) is 42.5. The fraction of sp³-hybridized carbons (Fsp3) is 0.280. The molecule has 2 aromatic rings. The summed E-state index contributed by atoms with van der Waals surface area (Å²) in [6.07, 6.45) is 2.78. The maximum atomic E-state index is 13.1. The zero-order valence-electron chi connectivity index (χ0n) is 17.9. The number of phenolic OH excluding ortho intramolecular Hbond substituents is 1. The summed E-state index contributed by atoms with van der Waals surface area (Å²) < 4.78 is 0. The number of carbonyl (C=O) groups excluding carboxylic acids is 3. The molecule has 0 radical (unpaired) electrons. The molecular weight excluding hydrogens is 392 g/mol. The number of amides is 1. The Kier molecular flexibility index (Phi) is 6.80. The third-order valence-electron chi connectivity index (χ3n) is 5.73. The van der Waals surface area contributed by atoms with Crippen LogP contribution < -0.4 is 5.32 Å². The molecule has 0 spiro atoms. The Balaban J connectivity index is 1.77. The first-order valence-electron chi connectivity index (χ1n) is 10.3. The van der Waals surface area contributed by atoms with Gasteiger partial charge in [-0.2, -0.15) is 0 Å². The highest BCUT2D eigenvalue weighted by Crippen LogP contribution is 2.36. The monoisotopic (exact) mass is 418 g/mol. The van der Waals surface area contributed by atoms with Crippen molar-refractivity contribution in [3.05, 3.63) is 82.2 Å². The standard InChI is InChI=1S/C25H26N2O4/c1-15-16(2)24(30)22(17(3)23(15)29)18(20-11-6-7-13-26-20)10-8-14-27-25(31)19-9-4-5-12-21(19)28/h4-7,9,11-13,18,28H,8,10,14H2,1-3H3,(H,27,31). The van der Waals surface area contributed by atoms with E-state index in [-0.39, 0.29) is 34.7 Å². The van der Waals surface area contributed by atoms with Crippen LogP contribution in [0.25, 0.3) is 0 Å². The average molecular weight is 418 g/mol. The van der Waals surface area contributed by atoms with Crippen molar-refractivity contribution < 1.29 is 19.5 Å². The SMILES string of the molecule is CC1=C(C)C(=O)C(C(CCCNC(=O)c2ccccc2O)c2ccccn2)=C(C)C1=O. The van der Waals surface area contributed by atoms with E-state index >= 15 is 0 Å². The minimum absolute atomic E-state index is 0.0731. The van der Waals surface area contributed by atoms with Gasteiger partial charge in [0.25, 0.3) is 5.91 Å². The van der Waals surface area contributed by atoms with Gasteiger partial charge < -0.3 is 10.4 Å². The van der Waals surface area contributed by atoms with E-state index in [1.807, 2.05) is 12.1 Å². The van der Waals surface area contributed by atoms with Crippen LogP contribution in [0.15, 0.2) is 71.0 Å². The van der Waals surface area contributed by atoms with E-state index in [0.717, 1.165) is 5.69 Å². The molecule has 1 unspecified atom stereocenters. The first-order chi connectivity index (χ1) is 14.8. The molecule has 1 aliphatic carbocycles. The molecule has 0 fully saturated rings. The molecule has 0 aliphatic heterocycles. The summed E-state index contributed by atoms with van der Waals surface area (Å²) in [6.45, 7) is 5.42. The molecule has 1 heterocycles. The Bertz CT molecular complexity index is 1080. The molecule has 0 saturated heterocycles. The van der Waals surface area contributed by atoms with Crippen LogP contribution in [-0.2, 0) is 9.59 Å². The second-order valence-corrected chi connectivity index (χ2v) is 7.67. The summed E-state index contributed by atoms with van der Waals surface area (Å²) >= 11 is 0. The predicted octanol–water partition coefficient (Wildman–Crippen LogP) is 3.89. The molecule has 1 atom stereocenters. The van der Waals surface area contributed by atoms with Gasteiger partial charge in [0.2, 0.25) is 0 Å². The van der Waals surface area contributed by atoms with Crippen molar-refractivity contribution in [1.82, 2.24) is 10.3 Å². The van der Waals surface area contributed by atoms with Gasteiger partial charge in [0.05, 0.1) is 5.56 Å². The van der Waals surface area contributed by atoms with E-state index in [4.69, 9.17) is 0 Å². The van der Waals surface area contributed by atoms with Crippen molar-refractivity contribution in [3.8, 4) is 5.75 Å². The first-order valence-corrected chi connectivity index (χ1v) is 10.3. The van der Waals surface area contributed by atoms with Gasteiger partial charge >= 0.3 is 0 Å². The number of nitrogens with one attached hydrogen (secondary N) is 1. The second-order valence-electron chi connectivity index (χ2n) is 7.67. The lowest BCUT2D eigenvalue weighted by Crippen LogP contribution is -2.27. The van der Waals surface area contributed by atoms with Crippen molar-refractivity contribution in [2.24, 2.45) is 0 Å². The molecule has 1 amide bonds. The van der Waals surface area contributed by atoms with Crippen LogP contribution in [0.2, 0.25) is 0 Å². The smallest absolute Gasteiger partial charge is 0.255 e. The van der Waals surface area contributed by atoms with E-state index in [9.17, 15) is 19.5 Å². The van der Waals surface area contributed by atoms with Crippen LogP contribution in [0, 0.1) is 0 Å². The van der Waals surface area contributed by atoms with Crippen LogP contribution in [-0.4, -0.2) is 34.1 Å². The molecule has 6 nitrogen and oxygen atoms in total. The highest BCUT2D eigenvalue weighted by molar-refractivity contribution is 6.25. The molecule has 31 heavy (non-hydrogen) atoms. The van der Waals surface area contributed by atoms with Crippen molar-refractivity contribution in [1.29, 1.82) is 0 Å². The van der Waals surface area contributed by atoms with Gasteiger partial charge in [-0.3, -0.25) is 19.4 Å². The molecule has 1 aliphatic rings. The topological polar surface area (TPSA) is 96.4 Å². The number of benzene rings is 1. The Labute approximate surface area is 181 Å². The van der Waals surface area contributed by atoms with Crippen LogP contribution in [0.3, 0.4) is 0 Å². The molecular formula is C25H26N2O4. The van der Waals surface area contributed by atoms with E-state index < -0.39 is 0 Å². The summed E-state index contributed by atoms with van der Waals surface area (Å²) in [5, 5.41) is 12.6. The highest BCUT2D eigenvalue weighted by Gasteiger charge is 2.33. The van der Waals surface area contributed by atoms with Gasteiger partial charge in [0, 0.05) is 46.6 Å². The summed E-state index contributed by atoms with van der Waals surface area (Å²) in [5.41, 5.74) is 2.84. The van der Waals surface area contributed by atoms with Crippen LogP contribution >= 0.6 is 0 Å². The number of Topliss-reactive ketones (excluding diaryl/α,β-unsaturated/α-hetero) is 2. The number of para-hydroxylation sites is 1. The third-order valence-corrected chi connectivity index (χ3v) is 5.73. The maximum Gasteiger partial charge on any atom is 0.255 e. The lowest BCUT2D eigenvalue weighted by molar-refractivity contribution is -0.116. The molecule has 160 valence electrons. The Hall–Kier alpha value is -3.54. The van der Waals surface area contributed by atoms with Crippen molar-refractivity contribution in [3.63, 3.8) is 0 Å². The normalized spacial score (nSPS) is 15.3. The van der Waals surface area contributed by atoms with Crippen LogP contribution in [0.1, 0.15) is 55.6 Å². The van der Waals surface area contributed by atoms with Crippen molar-refractivity contribution >= 4 is 17.5 Å². The average Bonchev–Trinajstić information content (AvgIpc) is 2.78. The minimum atomic E-state index is -0.360. The zero-order chi connectivity index (χ0) is 22.5. The Morgan fingerprint density at radius 2 is 1.65 bits per heavy atom. The van der Waals surface area contributed by atoms with E-state index in [1.54, 1.807) is 51.2 Å². The van der Waals surface area contributed by atoms with Crippen molar-refractivity contribution in [2.75, 3.05) is 6.54 Å². The van der Waals surface area contributed by atoms with Gasteiger partial charge in [0.15, 0.2) is 11.6 Å². The number of rotatable bonds is 7. The fourth-order valence-corrected chi connectivity index (χ4v) is 3.83. The fourth-order valence-electron chi connectivity index (χ4n) is 3.83. The number of allylic oxidation sites excluding steroid dienone is 4.